The van der Waals surface area contributed by atoms with Crippen molar-refractivity contribution < 1.29 is 9.13 Å². The average Bonchev–Trinajstić information content (AvgIpc) is 2.81. The molecule has 102 valence electrons. The van der Waals surface area contributed by atoms with Crippen LogP contribution in [0.4, 0.5) is 4.39 Å². The molecule has 0 aliphatic carbocycles. The molecule has 0 unspecified atom stereocenters. The van der Waals surface area contributed by atoms with E-state index in [1.807, 2.05) is 4.57 Å². The molecule has 1 aromatic carbocycles. The Labute approximate surface area is 116 Å². The molecule has 0 amide bonds. The first-order valence-electron chi connectivity index (χ1n) is 5.95. The van der Waals surface area contributed by atoms with Gasteiger partial charge >= 0.3 is 0 Å². The molecule has 0 saturated carbocycles. The van der Waals surface area contributed by atoms with E-state index in [0.717, 1.165) is 0 Å². The fraction of sp³-hybridized carbons (Fsp3) is 0.385. The SMILES string of the molecule is COCCn1c(CCl)nnc1Cc1ccccc1F. The molecular formula is C13H15ClFN3O. The predicted octanol–water partition coefficient (Wildman–Crippen LogP) is 2.39. The Morgan fingerprint density at radius 3 is 2.68 bits per heavy atom. The lowest BCUT2D eigenvalue weighted by Crippen LogP contribution is -2.12. The number of nitrogens with zero attached hydrogens (tertiary/aromatic N) is 3. The largest absolute Gasteiger partial charge is 0.383 e. The van der Waals surface area contributed by atoms with Gasteiger partial charge in [-0.15, -0.1) is 21.8 Å². The maximum atomic E-state index is 13.6. The van der Waals surface area contributed by atoms with Gasteiger partial charge < -0.3 is 9.30 Å². The van der Waals surface area contributed by atoms with Crippen LogP contribution in [-0.2, 0) is 23.6 Å². The second kappa shape index (κ2) is 6.63. The van der Waals surface area contributed by atoms with E-state index in [4.69, 9.17) is 16.3 Å². The topological polar surface area (TPSA) is 39.9 Å². The minimum atomic E-state index is -0.240. The molecule has 6 heteroatoms. The van der Waals surface area contributed by atoms with Gasteiger partial charge in [0.1, 0.15) is 17.5 Å². The molecule has 19 heavy (non-hydrogen) atoms. The zero-order chi connectivity index (χ0) is 13.7. The van der Waals surface area contributed by atoms with Crippen LogP contribution in [0.2, 0.25) is 0 Å². The lowest BCUT2D eigenvalue weighted by Gasteiger charge is -2.09. The number of hydrogen-bond donors (Lipinski definition) is 0. The highest BCUT2D eigenvalue weighted by molar-refractivity contribution is 6.16. The van der Waals surface area contributed by atoms with Gasteiger partial charge in [-0.2, -0.15) is 0 Å². The predicted molar refractivity (Wildman–Crippen MR) is 70.7 cm³/mol. The van der Waals surface area contributed by atoms with Crippen LogP contribution in [0.5, 0.6) is 0 Å². The molecule has 2 aromatic rings. The molecule has 0 radical (unpaired) electrons. The molecule has 0 aliphatic heterocycles. The molecule has 0 fully saturated rings. The number of alkyl halides is 1. The third-order valence-corrected chi connectivity index (χ3v) is 3.09. The van der Waals surface area contributed by atoms with Gasteiger partial charge in [0.15, 0.2) is 0 Å². The van der Waals surface area contributed by atoms with E-state index >= 15 is 0 Å². The number of aromatic nitrogens is 3. The normalized spacial score (nSPS) is 10.9. The highest BCUT2D eigenvalue weighted by atomic mass is 35.5. The van der Waals surface area contributed by atoms with Crippen molar-refractivity contribution in [2.24, 2.45) is 0 Å². The average molecular weight is 284 g/mol. The van der Waals surface area contributed by atoms with Crippen LogP contribution >= 0.6 is 11.6 Å². The highest BCUT2D eigenvalue weighted by Gasteiger charge is 2.13. The lowest BCUT2D eigenvalue weighted by atomic mass is 10.1. The highest BCUT2D eigenvalue weighted by Crippen LogP contribution is 2.13. The number of methoxy groups -OCH3 is 1. The molecular weight excluding hydrogens is 269 g/mol. The number of hydrogen-bond acceptors (Lipinski definition) is 3. The van der Waals surface area contributed by atoms with Gasteiger partial charge in [-0.1, -0.05) is 18.2 Å². The molecule has 2 rings (SSSR count). The number of rotatable bonds is 6. The van der Waals surface area contributed by atoms with E-state index in [2.05, 4.69) is 10.2 Å². The maximum absolute atomic E-state index is 13.6. The molecule has 4 nitrogen and oxygen atoms in total. The van der Waals surface area contributed by atoms with E-state index in [0.29, 0.717) is 36.8 Å². The van der Waals surface area contributed by atoms with E-state index in [-0.39, 0.29) is 11.7 Å². The third kappa shape index (κ3) is 3.30. The van der Waals surface area contributed by atoms with Gasteiger partial charge in [-0.3, -0.25) is 0 Å². The summed E-state index contributed by atoms with van der Waals surface area (Å²) < 4.78 is 20.6. The van der Waals surface area contributed by atoms with Crippen LogP contribution < -0.4 is 0 Å². The van der Waals surface area contributed by atoms with E-state index in [1.54, 1.807) is 25.3 Å². The lowest BCUT2D eigenvalue weighted by molar-refractivity contribution is 0.185. The van der Waals surface area contributed by atoms with Gasteiger partial charge in [0.2, 0.25) is 0 Å². The van der Waals surface area contributed by atoms with Crippen molar-refractivity contribution >= 4 is 11.6 Å². The molecule has 0 atom stereocenters. The first kappa shape index (κ1) is 14.0. The van der Waals surface area contributed by atoms with Crippen LogP contribution in [0.1, 0.15) is 17.2 Å². The quantitative estimate of drug-likeness (QED) is 0.764. The van der Waals surface area contributed by atoms with E-state index < -0.39 is 0 Å². The second-order valence-electron chi connectivity index (χ2n) is 4.08. The van der Waals surface area contributed by atoms with Crippen molar-refractivity contribution in [2.45, 2.75) is 18.8 Å². The summed E-state index contributed by atoms with van der Waals surface area (Å²) in [6.07, 6.45) is 0.389. The minimum Gasteiger partial charge on any atom is -0.383 e. The summed E-state index contributed by atoms with van der Waals surface area (Å²) in [6, 6.07) is 6.65. The Morgan fingerprint density at radius 2 is 2.00 bits per heavy atom. The zero-order valence-electron chi connectivity index (χ0n) is 10.6. The van der Waals surface area contributed by atoms with E-state index in [9.17, 15) is 4.39 Å². The Morgan fingerprint density at radius 1 is 1.26 bits per heavy atom. The molecule has 1 heterocycles. The Kier molecular flexibility index (Phi) is 4.87. The molecule has 0 spiro atoms. The second-order valence-corrected chi connectivity index (χ2v) is 4.35. The van der Waals surface area contributed by atoms with Gasteiger partial charge in [-0.25, -0.2) is 4.39 Å². The van der Waals surface area contributed by atoms with Crippen LogP contribution in [-0.4, -0.2) is 28.5 Å². The van der Waals surface area contributed by atoms with Crippen LogP contribution in [0.15, 0.2) is 24.3 Å². The first-order chi connectivity index (χ1) is 9.26. The minimum absolute atomic E-state index is 0.240. The maximum Gasteiger partial charge on any atom is 0.148 e. The Bertz CT molecular complexity index is 544. The summed E-state index contributed by atoms with van der Waals surface area (Å²) in [5.74, 6) is 1.40. The summed E-state index contributed by atoms with van der Waals surface area (Å²) in [5, 5.41) is 8.10. The number of benzene rings is 1. The monoisotopic (exact) mass is 283 g/mol. The van der Waals surface area contributed by atoms with Crippen molar-refractivity contribution in [3.63, 3.8) is 0 Å². The van der Waals surface area contributed by atoms with Crippen LogP contribution in [0.25, 0.3) is 0 Å². The van der Waals surface area contributed by atoms with Crippen molar-refractivity contribution in [1.82, 2.24) is 14.8 Å². The smallest absolute Gasteiger partial charge is 0.148 e. The van der Waals surface area contributed by atoms with Crippen molar-refractivity contribution in [3.05, 3.63) is 47.3 Å². The fourth-order valence-corrected chi connectivity index (χ4v) is 2.05. The Hall–Kier alpha value is -1.46. The van der Waals surface area contributed by atoms with Gasteiger partial charge in [0.05, 0.1) is 12.5 Å². The third-order valence-electron chi connectivity index (χ3n) is 2.85. The summed E-state index contributed by atoms with van der Waals surface area (Å²) in [5.41, 5.74) is 0.592. The summed E-state index contributed by atoms with van der Waals surface area (Å²) in [7, 11) is 1.63. The molecule has 0 N–H and O–H groups in total. The van der Waals surface area contributed by atoms with Crippen molar-refractivity contribution in [1.29, 1.82) is 0 Å². The molecule has 0 bridgehead atoms. The van der Waals surface area contributed by atoms with Crippen LogP contribution in [0.3, 0.4) is 0 Å². The molecule has 0 aliphatic rings. The van der Waals surface area contributed by atoms with E-state index in [1.165, 1.54) is 6.07 Å². The van der Waals surface area contributed by atoms with Crippen LogP contribution in [0, 0.1) is 5.82 Å². The summed E-state index contributed by atoms with van der Waals surface area (Å²) in [4.78, 5) is 0. The van der Waals surface area contributed by atoms with Gasteiger partial charge in [0, 0.05) is 20.1 Å². The van der Waals surface area contributed by atoms with Gasteiger partial charge in [0.25, 0.3) is 0 Å². The number of ether oxygens (including phenoxy) is 1. The van der Waals surface area contributed by atoms with Crippen molar-refractivity contribution in [3.8, 4) is 0 Å². The molecule has 0 saturated heterocycles. The zero-order valence-corrected chi connectivity index (χ0v) is 11.4. The summed E-state index contributed by atoms with van der Waals surface area (Å²) in [6.45, 7) is 1.14. The standard InChI is InChI=1S/C13H15ClFN3O/c1-19-7-6-18-12(16-17-13(18)9-14)8-10-4-2-3-5-11(10)15/h2-5H,6-9H2,1H3. The molecule has 1 aromatic heterocycles. The number of halogens is 2. The van der Waals surface area contributed by atoms with Gasteiger partial charge in [-0.05, 0) is 11.6 Å². The first-order valence-corrected chi connectivity index (χ1v) is 6.49. The fourth-order valence-electron chi connectivity index (χ4n) is 1.85. The van der Waals surface area contributed by atoms with Crippen molar-refractivity contribution in [2.75, 3.05) is 13.7 Å². The Balaban J connectivity index is 2.24. The summed E-state index contributed by atoms with van der Waals surface area (Å²) >= 11 is 5.82.